The molecule has 3 atom stereocenters. The summed E-state index contributed by atoms with van der Waals surface area (Å²) in [6.45, 7) is 6.80. The number of hydrogen-bond acceptors (Lipinski definition) is 3. The van der Waals surface area contributed by atoms with Crippen LogP contribution in [0.4, 0.5) is 10.5 Å². The van der Waals surface area contributed by atoms with Gasteiger partial charge >= 0.3 is 6.03 Å². The molecule has 0 saturated carbocycles. The Labute approximate surface area is 119 Å². The topological polar surface area (TPSA) is 61.8 Å². The van der Waals surface area contributed by atoms with E-state index in [4.69, 9.17) is 4.74 Å². The van der Waals surface area contributed by atoms with Crippen molar-refractivity contribution in [3.05, 3.63) is 29.8 Å². The van der Waals surface area contributed by atoms with Gasteiger partial charge < -0.3 is 20.1 Å². The number of aliphatic hydroxyl groups is 1. The number of morpholine rings is 1. The van der Waals surface area contributed by atoms with Crippen molar-refractivity contribution in [2.45, 2.75) is 39.1 Å². The second-order valence-electron chi connectivity index (χ2n) is 5.39. The van der Waals surface area contributed by atoms with Crippen LogP contribution in [-0.2, 0) is 4.74 Å². The van der Waals surface area contributed by atoms with Gasteiger partial charge in [-0.25, -0.2) is 4.79 Å². The summed E-state index contributed by atoms with van der Waals surface area (Å²) in [6.07, 6.45) is -0.447. The largest absolute Gasteiger partial charge is 0.389 e. The number of benzene rings is 1. The minimum atomic E-state index is -0.546. The molecule has 0 aliphatic carbocycles. The van der Waals surface area contributed by atoms with Crippen LogP contribution in [0, 0.1) is 0 Å². The third-order valence-electron chi connectivity index (χ3n) is 3.33. The van der Waals surface area contributed by atoms with Gasteiger partial charge in [0.2, 0.25) is 0 Å². The molecule has 1 heterocycles. The molecule has 2 N–H and O–H groups in total. The Morgan fingerprint density at radius 1 is 1.40 bits per heavy atom. The van der Waals surface area contributed by atoms with Gasteiger partial charge in [-0.1, -0.05) is 12.1 Å². The quantitative estimate of drug-likeness (QED) is 0.873. The molecule has 1 fully saturated rings. The lowest BCUT2D eigenvalue weighted by atomic mass is 10.1. The van der Waals surface area contributed by atoms with E-state index in [0.717, 1.165) is 5.56 Å². The number of hydrogen-bond donors (Lipinski definition) is 2. The van der Waals surface area contributed by atoms with Crippen molar-refractivity contribution in [1.29, 1.82) is 0 Å². The standard InChI is InChI=1S/C15H22N2O3/c1-10-8-17(9-11(2)20-10)15(19)16-14-6-4-5-13(7-14)12(3)18/h4-7,10-12,18H,8-9H2,1-3H3,(H,16,19)/t10-,11+,12?. The van der Waals surface area contributed by atoms with E-state index < -0.39 is 6.10 Å². The number of carbonyl (C=O) groups is 1. The highest BCUT2D eigenvalue weighted by molar-refractivity contribution is 5.89. The number of nitrogens with one attached hydrogen (secondary N) is 1. The van der Waals surface area contributed by atoms with Crippen LogP contribution in [-0.4, -0.2) is 41.3 Å². The summed E-state index contributed by atoms with van der Waals surface area (Å²) >= 11 is 0. The number of aliphatic hydroxyl groups excluding tert-OH is 1. The Balaban J connectivity index is 2.02. The van der Waals surface area contributed by atoms with Crippen LogP contribution in [0.15, 0.2) is 24.3 Å². The summed E-state index contributed by atoms with van der Waals surface area (Å²) in [6, 6.07) is 7.13. The highest BCUT2D eigenvalue weighted by atomic mass is 16.5. The molecule has 5 heteroatoms. The number of urea groups is 1. The molecular formula is C15H22N2O3. The zero-order valence-corrected chi connectivity index (χ0v) is 12.2. The van der Waals surface area contributed by atoms with Crippen LogP contribution >= 0.6 is 0 Å². The van der Waals surface area contributed by atoms with Gasteiger partial charge in [-0.15, -0.1) is 0 Å². The third kappa shape index (κ3) is 3.71. The molecule has 0 aromatic heterocycles. The molecule has 20 heavy (non-hydrogen) atoms. The summed E-state index contributed by atoms with van der Waals surface area (Å²) in [7, 11) is 0. The maximum Gasteiger partial charge on any atom is 0.322 e. The van der Waals surface area contributed by atoms with Gasteiger partial charge in [0.05, 0.1) is 18.3 Å². The van der Waals surface area contributed by atoms with Crippen molar-refractivity contribution in [2.75, 3.05) is 18.4 Å². The first kappa shape index (κ1) is 14.8. The second-order valence-corrected chi connectivity index (χ2v) is 5.39. The lowest BCUT2D eigenvalue weighted by Gasteiger charge is -2.35. The highest BCUT2D eigenvalue weighted by Gasteiger charge is 2.25. The molecule has 2 rings (SSSR count). The number of ether oxygens (including phenoxy) is 1. The Hall–Kier alpha value is -1.59. The first-order valence-electron chi connectivity index (χ1n) is 6.95. The molecule has 1 aliphatic rings. The van der Waals surface area contributed by atoms with Crippen molar-refractivity contribution < 1.29 is 14.6 Å². The number of amides is 2. The summed E-state index contributed by atoms with van der Waals surface area (Å²) in [5, 5.41) is 12.4. The lowest BCUT2D eigenvalue weighted by molar-refractivity contribution is -0.0530. The van der Waals surface area contributed by atoms with Gasteiger partial charge in [0, 0.05) is 18.8 Å². The predicted octanol–water partition coefficient (Wildman–Crippen LogP) is 2.38. The van der Waals surface area contributed by atoms with E-state index in [2.05, 4.69) is 5.32 Å². The highest BCUT2D eigenvalue weighted by Crippen LogP contribution is 2.18. The fourth-order valence-electron chi connectivity index (χ4n) is 2.42. The van der Waals surface area contributed by atoms with Gasteiger partial charge in [0.1, 0.15) is 0 Å². The zero-order valence-electron chi connectivity index (χ0n) is 12.2. The molecule has 1 saturated heterocycles. The van der Waals surface area contributed by atoms with Crippen LogP contribution in [0.3, 0.4) is 0 Å². The number of carbonyl (C=O) groups excluding carboxylic acids is 1. The normalized spacial score (nSPS) is 24.3. The van der Waals surface area contributed by atoms with E-state index in [1.807, 2.05) is 32.0 Å². The zero-order chi connectivity index (χ0) is 14.7. The molecule has 0 radical (unpaired) electrons. The maximum atomic E-state index is 12.2. The minimum absolute atomic E-state index is 0.0494. The van der Waals surface area contributed by atoms with Crippen molar-refractivity contribution in [3.8, 4) is 0 Å². The van der Waals surface area contributed by atoms with Gasteiger partial charge in [-0.05, 0) is 38.5 Å². The van der Waals surface area contributed by atoms with Crippen molar-refractivity contribution >= 4 is 11.7 Å². The summed E-state index contributed by atoms with van der Waals surface area (Å²) in [5.41, 5.74) is 1.48. The van der Waals surface area contributed by atoms with E-state index in [-0.39, 0.29) is 18.2 Å². The number of anilines is 1. The van der Waals surface area contributed by atoms with E-state index in [1.54, 1.807) is 17.9 Å². The van der Waals surface area contributed by atoms with Gasteiger partial charge in [-0.2, -0.15) is 0 Å². The number of rotatable bonds is 2. The lowest BCUT2D eigenvalue weighted by Crippen LogP contribution is -2.49. The van der Waals surface area contributed by atoms with E-state index in [1.165, 1.54) is 0 Å². The van der Waals surface area contributed by atoms with Crippen LogP contribution < -0.4 is 5.32 Å². The average molecular weight is 278 g/mol. The van der Waals surface area contributed by atoms with Crippen LogP contribution in [0.5, 0.6) is 0 Å². The molecule has 5 nitrogen and oxygen atoms in total. The summed E-state index contributed by atoms with van der Waals surface area (Å²) in [5.74, 6) is 0. The van der Waals surface area contributed by atoms with Crippen molar-refractivity contribution in [3.63, 3.8) is 0 Å². The molecule has 2 amide bonds. The van der Waals surface area contributed by atoms with Crippen molar-refractivity contribution in [1.82, 2.24) is 4.90 Å². The Morgan fingerprint density at radius 2 is 2.05 bits per heavy atom. The molecule has 110 valence electrons. The fourth-order valence-corrected chi connectivity index (χ4v) is 2.42. The van der Waals surface area contributed by atoms with Crippen LogP contribution in [0.25, 0.3) is 0 Å². The van der Waals surface area contributed by atoms with E-state index in [0.29, 0.717) is 18.8 Å². The van der Waals surface area contributed by atoms with Gasteiger partial charge in [-0.3, -0.25) is 0 Å². The molecule has 1 aromatic rings. The Bertz CT molecular complexity index is 466. The first-order chi connectivity index (χ1) is 9.45. The second kappa shape index (κ2) is 6.24. The SMILES string of the molecule is CC(O)c1cccc(NC(=O)N2C[C@@H](C)O[C@@H](C)C2)c1. The minimum Gasteiger partial charge on any atom is -0.389 e. The molecule has 1 unspecified atom stereocenters. The predicted molar refractivity (Wildman–Crippen MR) is 77.7 cm³/mol. The molecule has 0 bridgehead atoms. The fraction of sp³-hybridized carbons (Fsp3) is 0.533. The monoisotopic (exact) mass is 278 g/mol. The van der Waals surface area contributed by atoms with Gasteiger partial charge in [0.15, 0.2) is 0 Å². The van der Waals surface area contributed by atoms with E-state index >= 15 is 0 Å². The molecular weight excluding hydrogens is 256 g/mol. The molecule has 1 aromatic carbocycles. The molecule has 1 aliphatic heterocycles. The van der Waals surface area contributed by atoms with Gasteiger partial charge in [0.25, 0.3) is 0 Å². The van der Waals surface area contributed by atoms with Crippen LogP contribution in [0.1, 0.15) is 32.4 Å². The maximum absolute atomic E-state index is 12.2. The van der Waals surface area contributed by atoms with E-state index in [9.17, 15) is 9.90 Å². The van der Waals surface area contributed by atoms with Crippen molar-refractivity contribution in [2.24, 2.45) is 0 Å². The Kier molecular flexibility index (Phi) is 4.62. The molecule has 0 spiro atoms. The third-order valence-corrected chi connectivity index (χ3v) is 3.33. The summed E-state index contributed by atoms with van der Waals surface area (Å²) in [4.78, 5) is 14.0. The van der Waals surface area contributed by atoms with Crippen LogP contribution in [0.2, 0.25) is 0 Å². The smallest absolute Gasteiger partial charge is 0.322 e. The average Bonchev–Trinajstić information content (AvgIpc) is 2.37. The summed E-state index contributed by atoms with van der Waals surface area (Å²) < 4.78 is 5.61. The first-order valence-corrected chi connectivity index (χ1v) is 6.95. The Morgan fingerprint density at radius 3 is 2.65 bits per heavy atom. The number of nitrogens with zero attached hydrogens (tertiary/aromatic N) is 1.